The number of hydrogen-bond acceptors (Lipinski definition) is 4. The Morgan fingerprint density at radius 1 is 1.26 bits per heavy atom. The Balaban J connectivity index is 1.90. The van der Waals surface area contributed by atoms with Gasteiger partial charge in [0.1, 0.15) is 5.69 Å². The van der Waals surface area contributed by atoms with Crippen molar-refractivity contribution in [1.82, 2.24) is 14.1 Å². The highest BCUT2D eigenvalue weighted by Crippen LogP contribution is 2.30. The van der Waals surface area contributed by atoms with Crippen molar-refractivity contribution in [3.63, 3.8) is 0 Å². The fraction of sp³-hybridized carbons (Fsp3) is 0.667. The number of hydrogen-bond donors (Lipinski definition) is 0. The van der Waals surface area contributed by atoms with Crippen LogP contribution in [0.25, 0.3) is 0 Å². The lowest BCUT2D eigenvalue weighted by atomic mass is 10.2. The molecule has 0 spiro atoms. The zero-order valence-electron chi connectivity index (χ0n) is 10.7. The van der Waals surface area contributed by atoms with Crippen molar-refractivity contribution in [2.45, 2.75) is 38.1 Å². The molecular weight excluding hydrogens is 266 g/mol. The fourth-order valence-electron chi connectivity index (χ4n) is 2.92. The van der Waals surface area contributed by atoms with Gasteiger partial charge < -0.3 is 0 Å². The number of carbonyl (C=O) groups is 1. The van der Waals surface area contributed by atoms with Gasteiger partial charge in [-0.1, -0.05) is 12.8 Å². The van der Waals surface area contributed by atoms with E-state index in [0.29, 0.717) is 12.1 Å². The summed E-state index contributed by atoms with van der Waals surface area (Å²) in [6.45, 7) is 0.289. The Kier molecular flexibility index (Phi) is 3.08. The second-order valence-corrected chi connectivity index (χ2v) is 7.16. The van der Waals surface area contributed by atoms with Crippen LogP contribution in [0.1, 0.15) is 48.6 Å². The van der Waals surface area contributed by atoms with E-state index in [1.54, 1.807) is 16.9 Å². The van der Waals surface area contributed by atoms with Gasteiger partial charge >= 0.3 is 0 Å². The van der Waals surface area contributed by atoms with Gasteiger partial charge in [0.25, 0.3) is 5.91 Å². The number of nitrogens with zero attached hydrogens (tertiary/aromatic N) is 3. The van der Waals surface area contributed by atoms with Gasteiger partial charge in [0.2, 0.25) is 10.0 Å². The average Bonchev–Trinajstić information content (AvgIpc) is 3.06. The molecule has 1 saturated heterocycles. The van der Waals surface area contributed by atoms with Gasteiger partial charge in [-0.15, -0.1) is 0 Å². The highest BCUT2D eigenvalue weighted by Gasteiger charge is 2.35. The van der Waals surface area contributed by atoms with Gasteiger partial charge in [0.15, 0.2) is 0 Å². The van der Waals surface area contributed by atoms with E-state index in [2.05, 4.69) is 5.10 Å². The molecule has 6 nitrogen and oxygen atoms in total. The summed E-state index contributed by atoms with van der Waals surface area (Å²) in [4.78, 5) is 12.4. The van der Waals surface area contributed by atoms with Crippen LogP contribution >= 0.6 is 0 Å². The van der Waals surface area contributed by atoms with Crippen molar-refractivity contribution in [2.75, 3.05) is 12.3 Å². The molecule has 0 bridgehead atoms. The molecule has 7 heteroatoms. The molecule has 3 rings (SSSR count). The molecule has 0 unspecified atom stereocenters. The number of sulfonamides is 1. The molecule has 0 atom stereocenters. The first kappa shape index (κ1) is 12.7. The van der Waals surface area contributed by atoms with Crippen LogP contribution in [0.5, 0.6) is 0 Å². The van der Waals surface area contributed by atoms with E-state index in [4.69, 9.17) is 0 Å². The average molecular weight is 283 g/mol. The second-order valence-electron chi connectivity index (χ2n) is 5.15. The lowest BCUT2D eigenvalue weighted by molar-refractivity contribution is 0.0855. The molecule has 0 N–H and O–H groups in total. The lowest BCUT2D eigenvalue weighted by Gasteiger charge is -2.18. The molecule has 19 heavy (non-hydrogen) atoms. The Hall–Kier alpha value is -1.37. The summed E-state index contributed by atoms with van der Waals surface area (Å²) >= 11 is 0. The van der Waals surface area contributed by atoms with Crippen molar-refractivity contribution < 1.29 is 13.2 Å². The van der Waals surface area contributed by atoms with Crippen molar-refractivity contribution in [3.8, 4) is 0 Å². The summed E-state index contributed by atoms with van der Waals surface area (Å²) in [5.41, 5.74) is 0.400. The van der Waals surface area contributed by atoms with Gasteiger partial charge in [-0.05, 0) is 25.3 Å². The number of aromatic nitrogens is 2. The zero-order valence-corrected chi connectivity index (χ0v) is 11.5. The third kappa shape index (κ3) is 2.16. The van der Waals surface area contributed by atoms with E-state index < -0.39 is 15.9 Å². The predicted octanol–water partition coefficient (Wildman–Crippen LogP) is 1.17. The zero-order chi connectivity index (χ0) is 13.5. The molecule has 1 aliphatic carbocycles. The summed E-state index contributed by atoms with van der Waals surface area (Å²) in [5.74, 6) is -0.363. The largest absolute Gasteiger partial charge is 0.285 e. The van der Waals surface area contributed by atoms with E-state index in [1.807, 2.05) is 0 Å². The number of rotatable bonds is 2. The van der Waals surface area contributed by atoms with Crippen LogP contribution < -0.4 is 0 Å². The van der Waals surface area contributed by atoms with Crippen LogP contribution in [0.3, 0.4) is 0 Å². The maximum Gasteiger partial charge on any atom is 0.285 e. The van der Waals surface area contributed by atoms with E-state index in [9.17, 15) is 13.2 Å². The molecule has 2 heterocycles. The van der Waals surface area contributed by atoms with E-state index in [-0.39, 0.29) is 18.3 Å². The summed E-state index contributed by atoms with van der Waals surface area (Å²) in [6.07, 6.45) is 6.39. The fourth-order valence-corrected chi connectivity index (χ4v) is 4.39. The first-order chi connectivity index (χ1) is 9.09. The molecule has 1 amide bonds. The minimum atomic E-state index is -3.41. The van der Waals surface area contributed by atoms with Crippen molar-refractivity contribution >= 4 is 15.9 Å². The monoisotopic (exact) mass is 283 g/mol. The van der Waals surface area contributed by atoms with Crippen molar-refractivity contribution in [3.05, 3.63) is 18.0 Å². The van der Waals surface area contributed by atoms with Crippen LogP contribution in [-0.2, 0) is 10.0 Å². The molecule has 0 radical (unpaired) electrons. The smallest absolute Gasteiger partial charge is 0.266 e. The molecule has 1 aromatic heterocycles. The quantitative estimate of drug-likeness (QED) is 0.817. The number of amides is 1. The van der Waals surface area contributed by atoms with E-state index in [0.717, 1.165) is 30.0 Å². The summed E-state index contributed by atoms with van der Waals surface area (Å²) in [6, 6.07) is 1.85. The third-order valence-corrected chi connectivity index (χ3v) is 5.71. The normalized spacial score (nSPS) is 23.1. The Morgan fingerprint density at radius 2 is 2.00 bits per heavy atom. The second kappa shape index (κ2) is 4.63. The molecular formula is C12H17N3O3S. The first-order valence-electron chi connectivity index (χ1n) is 6.68. The van der Waals surface area contributed by atoms with Gasteiger partial charge in [-0.25, -0.2) is 12.7 Å². The lowest BCUT2D eigenvalue weighted by Crippen LogP contribution is -2.34. The highest BCUT2D eigenvalue weighted by atomic mass is 32.2. The Labute approximate surface area is 112 Å². The molecule has 2 aliphatic rings. The molecule has 1 saturated carbocycles. The van der Waals surface area contributed by atoms with Gasteiger partial charge in [-0.2, -0.15) is 5.10 Å². The van der Waals surface area contributed by atoms with Crippen LogP contribution in [0, 0.1) is 0 Å². The molecule has 2 fully saturated rings. The Bertz CT molecular complexity index is 587. The minimum absolute atomic E-state index is 0.0658. The minimum Gasteiger partial charge on any atom is -0.266 e. The molecule has 104 valence electrons. The summed E-state index contributed by atoms with van der Waals surface area (Å²) in [7, 11) is -3.41. The topological polar surface area (TPSA) is 72.3 Å². The van der Waals surface area contributed by atoms with Gasteiger partial charge in [0.05, 0.1) is 11.8 Å². The first-order valence-corrected chi connectivity index (χ1v) is 8.29. The maximum absolute atomic E-state index is 12.4. The summed E-state index contributed by atoms with van der Waals surface area (Å²) in [5, 5.41) is 4.21. The van der Waals surface area contributed by atoms with Crippen molar-refractivity contribution in [2.24, 2.45) is 0 Å². The molecule has 1 aliphatic heterocycles. The van der Waals surface area contributed by atoms with Crippen LogP contribution in [0.2, 0.25) is 0 Å². The SMILES string of the molecule is O=C(c1ccnn1C1CCCC1)N1CCCS1(=O)=O. The highest BCUT2D eigenvalue weighted by molar-refractivity contribution is 7.89. The Morgan fingerprint density at radius 3 is 2.63 bits per heavy atom. The number of carbonyl (C=O) groups excluding carboxylic acids is 1. The van der Waals surface area contributed by atoms with E-state index in [1.165, 1.54) is 0 Å². The van der Waals surface area contributed by atoms with E-state index >= 15 is 0 Å². The summed E-state index contributed by atoms with van der Waals surface area (Å²) < 4.78 is 26.3. The van der Waals surface area contributed by atoms with Gasteiger partial charge in [0, 0.05) is 12.7 Å². The van der Waals surface area contributed by atoms with Crippen LogP contribution in [0.15, 0.2) is 12.3 Å². The molecule has 0 aromatic carbocycles. The van der Waals surface area contributed by atoms with Gasteiger partial charge in [-0.3, -0.25) is 9.48 Å². The maximum atomic E-state index is 12.4. The standard InChI is InChI=1S/C12H17N3O3S/c16-12(14-8-3-9-19(14,17)18)11-6-7-13-15(11)10-4-1-2-5-10/h6-7,10H,1-5,8-9H2. The van der Waals surface area contributed by atoms with Crippen LogP contribution in [0.4, 0.5) is 0 Å². The van der Waals surface area contributed by atoms with Crippen LogP contribution in [-0.4, -0.2) is 40.7 Å². The third-order valence-electron chi connectivity index (χ3n) is 3.89. The molecule has 1 aromatic rings. The predicted molar refractivity (Wildman–Crippen MR) is 69.2 cm³/mol. The van der Waals surface area contributed by atoms with Crippen molar-refractivity contribution in [1.29, 1.82) is 0 Å².